The first-order valence-electron chi connectivity index (χ1n) is 12.4. The molecule has 1 aliphatic heterocycles. The largest absolute Gasteiger partial charge is 0.351 e. The summed E-state index contributed by atoms with van der Waals surface area (Å²) in [4.78, 5) is 41.4. The number of carbonyl (C=O) groups is 3. The van der Waals surface area contributed by atoms with Gasteiger partial charge in [-0.25, -0.2) is 0 Å². The highest BCUT2D eigenvalue weighted by Crippen LogP contribution is 2.29. The zero-order valence-corrected chi connectivity index (χ0v) is 20.4. The van der Waals surface area contributed by atoms with E-state index in [2.05, 4.69) is 22.7 Å². The van der Waals surface area contributed by atoms with Gasteiger partial charge in [0.1, 0.15) is 11.2 Å². The molecule has 0 radical (unpaired) electrons. The Morgan fingerprint density at radius 3 is 2.56 bits per heavy atom. The van der Waals surface area contributed by atoms with Crippen LogP contribution in [0.1, 0.15) is 84.5 Å². The second-order valence-corrected chi connectivity index (χ2v) is 9.78. The molecule has 2 aromatic rings. The van der Waals surface area contributed by atoms with Crippen LogP contribution in [0.15, 0.2) is 30.3 Å². The minimum Gasteiger partial charge on any atom is -0.351 e. The number of aromatic nitrogens is 2. The number of unbranched alkanes of at least 4 members (excludes halogenated alkanes) is 1. The molecule has 1 fully saturated rings. The Kier molecular flexibility index (Phi) is 7.05. The van der Waals surface area contributed by atoms with Crippen molar-refractivity contribution in [2.24, 2.45) is 0 Å². The van der Waals surface area contributed by atoms with Gasteiger partial charge in [-0.1, -0.05) is 56.0 Å². The Morgan fingerprint density at radius 2 is 1.88 bits per heavy atom. The predicted molar refractivity (Wildman–Crippen MR) is 129 cm³/mol. The zero-order chi connectivity index (χ0) is 24.3. The lowest BCUT2D eigenvalue weighted by atomic mass is 9.94. The van der Waals surface area contributed by atoms with Gasteiger partial charge in [0.2, 0.25) is 5.91 Å². The van der Waals surface area contributed by atoms with Crippen LogP contribution in [0.3, 0.4) is 0 Å². The highest BCUT2D eigenvalue weighted by atomic mass is 16.2. The SMILES string of the molecule is CCCCN1C(=O)c2cc(C(=O)NCc3ccc(C)cc3)nn2C[C@]1(C)C(=O)NC1CCCC1. The molecule has 0 saturated heterocycles. The third-order valence-corrected chi connectivity index (χ3v) is 7.02. The highest BCUT2D eigenvalue weighted by Gasteiger charge is 2.48. The fourth-order valence-electron chi connectivity index (χ4n) is 4.81. The van der Waals surface area contributed by atoms with Gasteiger partial charge in [0, 0.05) is 25.2 Å². The maximum Gasteiger partial charge on any atom is 0.273 e. The van der Waals surface area contributed by atoms with E-state index in [1.807, 2.05) is 38.1 Å². The van der Waals surface area contributed by atoms with Crippen LogP contribution in [-0.4, -0.2) is 50.5 Å². The van der Waals surface area contributed by atoms with E-state index >= 15 is 0 Å². The molecule has 8 heteroatoms. The smallest absolute Gasteiger partial charge is 0.273 e. The summed E-state index contributed by atoms with van der Waals surface area (Å²) >= 11 is 0. The molecule has 1 atom stereocenters. The van der Waals surface area contributed by atoms with Crippen molar-refractivity contribution >= 4 is 17.7 Å². The topological polar surface area (TPSA) is 96.3 Å². The Hall–Kier alpha value is -3.16. The average molecular weight is 466 g/mol. The van der Waals surface area contributed by atoms with Crippen LogP contribution in [-0.2, 0) is 17.9 Å². The number of amides is 3. The van der Waals surface area contributed by atoms with Gasteiger partial charge in [0.05, 0.1) is 6.54 Å². The molecule has 2 heterocycles. The van der Waals surface area contributed by atoms with Crippen LogP contribution in [0.25, 0.3) is 0 Å². The summed E-state index contributed by atoms with van der Waals surface area (Å²) in [5.74, 6) is -0.739. The summed E-state index contributed by atoms with van der Waals surface area (Å²) in [6.07, 6.45) is 5.90. The molecule has 1 aliphatic carbocycles. The van der Waals surface area contributed by atoms with Gasteiger partial charge >= 0.3 is 0 Å². The van der Waals surface area contributed by atoms with Crippen LogP contribution < -0.4 is 10.6 Å². The summed E-state index contributed by atoms with van der Waals surface area (Å²) in [6, 6.07) is 9.64. The molecule has 0 bridgehead atoms. The molecule has 34 heavy (non-hydrogen) atoms. The monoisotopic (exact) mass is 465 g/mol. The first kappa shape index (κ1) is 24.0. The highest BCUT2D eigenvalue weighted by molar-refractivity contribution is 6.01. The summed E-state index contributed by atoms with van der Waals surface area (Å²) in [5, 5.41) is 10.5. The van der Waals surface area contributed by atoms with Crippen molar-refractivity contribution in [1.29, 1.82) is 0 Å². The van der Waals surface area contributed by atoms with Crippen LogP contribution in [0.5, 0.6) is 0 Å². The molecular weight excluding hydrogens is 430 g/mol. The average Bonchev–Trinajstić information content (AvgIpc) is 3.48. The Labute approximate surface area is 201 Å². The molecule has 0 spiro atoms. The van der Waals surface area contributed by atoms with E-state index in [9.17, 15) is 14.4 Å². The van der Waals surface area contributed by atoms with Crippen LogP contribution in [0.2, 0.25) is 0 Å². The van der Waals surface area contributed by atoms with Crippen molar-refractivity contribution in [2.75, 3.05) is 6.54 Å². The maximum absolute atomic E-state index is 13.5. The van der Waals surface area contributed by atoms with Gasteiger partial charge in [-0.15, -0.1) is 0 Å². The maximum atomic E-state index is 13.5. The van der Waals surface area contributed by atoms with Gasteiger partial charge in [-0.05, 0) is 38.7 Å². The Balaban J connectivity index is 1.53. The number of hydrogen-bond donors (Lipinski definition) is 2. The number of hydrogen-bond acceptors (Lipinski definition) is 4. The molecule has 2 N–H and O–H groups in total. The molecule has 2 aliphatic rings. The number of fused-ring (bicyclic) bond motifs is 1. The van der Waals surface area contributed by atoms with E-state index in [4.69, 9.17) is 0 Å². The Morgan fingerprint density at radius 1 is 1.18 bits per heavy atom. The fraction of sp³-hybridized carbons (Fsp3) is 0.538. The number of benzene rings is 1. The second kappa shape index (κ2) is 9.99. The van der Waals surface area contributed by atoms with Gasteiger partial charge in [0.25, 0.3) is 11.8 Å². The summed E-state index contributed by atoms with van der Waals surface area (Å²) < 4.78 is 1.53. The molecule has 4 rings (SSSR count). The van der Waals surface area contributed by atoms with Gasteiger partial charge in [-0.2, -0.15) is 5.10 Å². The first-order chi connectivity index (χ1) is 16.3. The zero-order valence-electron chi connectivity index (χ0n) is 20.4. The lowest BCUT2D eigenvalue weighted by molar-refractivity contribution is -0.133. The number of nitrogens with one attached hydrogen (secondary N) is 2. The molecule has 182 valence electrons. The number of rotatable bonds is 8. The molecule has 1 aromatic carbocycles. The number of aryl methyl sites for hydroxylation is 1. The molecule has 1 saturated carbocycles. The van der Waals surface area contributed by atoms with Crippen molar-refractivity contribution in [3.05, 3.63) is 52.8 Å². The van der Waals surface area contributed by atoms with Crippen molar-refractivity contribution in [1.82, 2.24) is 25.3 Å². The third-order valence-electron chi connectivity index (χ3n) is 7.02. The molecule has 1 aromatic heterocycles. The van der Waals surface area contributed by atoms with E-state index in [0.29, 0.717) is 18.8 Å². The lowest BCUT2D eigenvalue weighted by Gasteiger charge is -2.43. The minimum absolute atomic E-state index is 0.143. The van der Waals surface area contributed by atoms with Crippen molar-refractivity contribution < 1.29 is 14.4 Å². The van der Waals surface area contributed by atoms with Gasteiger partial charge < -0.3 is 15.5 Å². The van der Waals surface area contributed by atoms with Crippen molar-refractivity contribution in [3.63, 3.8) is 0 Å². The second-order valence-electron chi connectivity index (χ2n) is 9.78. The van der Waals surface area contributed by atoms with Gasteiger partial charge in [-0.3, -0.25) is 19.1 Å². The van der Waals surface area contributed by atoms with Crippen molar-refractivity contribution in [3.8, 4) is 0 Å². The van der Waals surface area contributed by atoms with Gasteiger partial charge in [0.15, 0.2) is 5.69 Å². The first-order valence-corrected chi connectivity index (χ1v) is 12.4. The lowest BCUT2D eigenvalue weighted by Crippen LogP contribution is -2.65. The Bertz CT molecular complexity index is 1050. The van der Waals surface area contributed by atoms with Crippen LogP contribution in [0.4, 0.5) is 0 Å². The van der Waals surface area contributed by atoms with Crippen LogP contribution in [0, 0.1) is 6.92 Å². The summed E-state index contributed by atoms with van der Waals surface area (Å²) in [7, 11) is 0. The van der Waals surface area contributed by atoms with E-state index in [-0.39, 0.29) is 36.0 Å². The fourth-order valence-corrected chi connectivity index (χ4v) is 4.81. The quantitative estimate of drug-likeness (QED) is 0.626. The number of nitrogens with zero attached hydrogens (tertiary/aromatic N) is 3. The number of carbonyl (C=O) groups excluding carboxylic acids is 3. The minimum atomic E-state index is -1.05. The molecule has 8 nitrogen and oxygen atoms in total. The van der Waals surface area contributed by atoms with Crippen molar-refractivity contribution in [2.45, 2.75) is 84.0 Å². The third kappa shape index (κ3) is 4.86. The normalized spacial score (nSPS) is 20.3. The van der Waals surface area contributed by atoms with Crippen LogP contribution >= 0.6 is 0 Å². The van der Waals surface area contributed by atoms with E-state index < -0.39 is 5.54 Å². The molecule has 3 amide bonds. The summed E-state index contributed by atoms with van der Waals surface area (Å²) in [5.41, 5.74) is 1.63. The van der Waals surface area contributed by atoms with E-state index in [0.717, 1.165) is 49.7 Å². The summed E-state index contributed by atoms with van der Waals surface area (Å²) in [6.45, 7) is 6.98. The van der Waals surface area contributed by atoms with E-state index in [1.54, 1.807) is 11.0 Å². The molecular formula is C26H35N5O3. The standard InChI is InChI=1S/C26H35N5O3/c1-4-5-14-30-24(33)22-15-21(23(32)27-16-19-12-10-18(2)11-13-19)29-31(22)17-26(30,3)25(34)28-20-8-6-7-9-20/h10-13,15,20H,4-9,14,16-17H2,1-3H3,(H,27,32)(H,28,34)/t26-/m1/s1. The van der Waals surface area contributed by atoms with E-state index in [1.165, 1.54) is 4.68 Å². The molecule has 0 unspecified atom stereocenters. The predicted octanol–water partition coefficient (Wildman–Crippen LogP) is 3.19.